The van der Waals surface area contributed by atoms with Crippen LogP contribution < -0.4 is 10.6 Å². The Morgan fingerprint density at radius 3 is 2.07 bits per heavy atom. The van der Waals surface area contributed by atoms with E-state index in [1.807, 2.05) is 67.1 Å². The first kappa shape index (κ1) is 19.4. The molecule has 0 saturated heterocycles. The number of benzene rings is 2. The molecule has 1 heterocycles. The van der Waals surface area contributed by atoms with Gasteiger partial charge in [-0.1, -0.05) is 48.5 Å². The van der Waals surface area contributed by atoms with E-state index in [1.54, 1.807) is 12.1 Å². The molecular weight excluding hydrogens is 352 g/mol. The van der Waals surface area contributed by atoms with Gasteiger partial charge in [-0.15, -0.1) is 0 Å². The van der Waals surface area contributed by atoms with E-state index in [-0.39, 0.29) is 11.8 Å². The Balaban J connectivity index is 1.55. The minimum absolute atomic E-state index is 0.155. The van der Waals surface area contributed by atoms with Crippen LogP contribution in [-0.4, -0.2) is 34.7 Å². The number of carbonyl (C=O) groups excluding carboxylic acids is 2. The number of hydrogen-bond acceptors (Lipinski definition) is 3. The molecule has 28 heavy (non-hydrogen) atoms. The maximum atomic E-state index is 12.6. The highest BCUT2D eigenvalue weighted by atomic mass is 16.2. The highest BCUT2D eigenvalue weighted by Crippen LogP contribution is 2.14. The van der Waals surface area contributed by atoms with Crippen LogP contribution in [0.5, 0.6) is 0 Å². The molecule has 0 bridgehead atoms. The van der Waals surface area contributed by atoms with E-state index >= 15 is 0 Å². The van der Waals surface area contributed by atoms with E-state index in [2.05, 4.69) is 15.7 Å². The third-order valence-electron chi connectivity index (χ3n) is 4.52. The average molecular weight is 376 g/mol. The van der Waals surface area contributed by atoms with Crippen molar-refractivity contribution in [2.75, 3.05) is 13.1 Å². The van der Waals surface area contributed by atoms with Gasteiger partial charge in [0, 0.05) is 24.3 Å². The molecule has 2 aromatic carbocycles. The van der Waals surface area contributed by atoms with Crippen LogP contribution in [0.4, 0.5) is 0 Å². The minimum Gasteiger partial charge on any atom is -0.350 e. The lowest BCUT2D eigenvalue weighted by Gasteiger charge is -2.08. The van der Waals surface area contributed by atoms with Gasteiger partial charge < -0.3 is 10.6 Å². The highest BCUT2D eigenvalue weighted by Gasteiger charge is 2.18. The van der Waals surface area contributed by atoms with Gasteiger partial charge in [0.25, 0.3) is 11.8 Å². The van der Waals surface area contributed by atoms with Gasteiger partial charge in [-0.25, -0.2) is 0 Å². The minimum atomic E-state index is -0.178. The Morgan fingerprint density at radius 1 is 0.857 bits per heavy atom. The van der Waals surface area contributed by atoms with Gasteiger partial charge in [0.2, 0.25) is 0 Å². The summed E-state index contributed by atoms with van der Waals surface area (Å²) >= 11 is 0. The number of hydrogen-bond donors (Lipinski definition) is 2. The molecule has 6 nitrogen and oxygen atoms in total. The molecule has 0 spiro atoms. The first-order valence-electron chi connectivity index (χ1n) is 9.25. The summed E-state index contributed by atoms with van der Waals surface area (Å²) in [6.07, 6.45) is 0. The number of nitrogens with zero attached hydrogens (tertiary/aromatic N) is 2. The Morgan fingerprint density at radius 2 is 1.43 bits per heavy atom. The van der Waals surface area contributed by atoms with Crippen molar-refractivity contribution in [2.45, 2.75) is 20.4 Å². The van der Waals surface area contributed by atoms with Crippen molar-refractivity contribution in [3.05, 3.63) is 88.7 Å². The number of rotatable bonds is 7. The molecule has 3 aromatic rings. The molecule has 0 radical (unpaired) electrons. The summed E-state index contributed by atoms with van der Waals surface area (Å²) in [6.45, 7) is 5.05. The lowest BCUT2D eigenvalue weighted by atomic mass is 10.1. The van der Waals surface area contributed by atoms with Crippen LogP contribution in [0.15, 0.2) is 60.7 Å². The smallest absolute Gasteiger partial charge is 0.255 e. The van der Waals surface area contributed by atoms with Crippen molar-refractivity contribution in [3.63, 3.8) is 0 Å². The van der Waals surface area contributed by atoms with Gasteiger partial charge in [0.15, 0.2) is 0 Å². The van der Waals surface area contributed by atoms with Gasteiger partial charge in [-0.3, -0.25) is 14.3 Å². The van der Waals surface area contributed by atoms with E-state index in [4.69, 9.17) is 0 Å². The molecule has 0 aliphatic carbocycles. The van der Waals surface area contributed by atoms with Crippen molar-refractivity contribution in [2.24, 2.45) is 0 Å². The molecule has 0 atom stereocenters. The molecule has 0 saturated carbocycles. The number of nitrogens with one attached hydrogen (secondary N) is 2. The maximum Gasteiger partial charge on any atom is 0.255 e. The lowest BCUT2D eigenvalue weighted by Crippen LogP contribution is -2.35. The molecule has 0 aliphatic heterocycles. The zero-order valence-electron chi connectivity index (χ0n) is 16.1. The molecule has 0 unspecified atom stereocenters. The van der Waals surface area contributed by atoms with Crippen molar-refractivity contribution in [1.82, 2.24) is 20.4 Å². The number of aromatic nitrogens is 2. The average Bonchev–Trinajstić information content (AvgIpc) is 2.99. The van der Waals surface area contributed by atoms with Gasteiger partial charge in [-0.05, 0) is 31.5 Å². The molecular formula is C22H24N4O2. The second kappa shape index (κ2) is 8.99. The molecule has 144 valence electrons. The summed E-state index contributed by atoms with van der Waals surface area (Å²) in [6, 6.07) is 19.0. The van der Waals surface area contributed by atoms with Crippen LogP contribution in [0, 0.1) is 13.8 Å². The quantitative estimate of drug-likeness (QED) is 0.623. The van der Waals surface area contributed by atoms with Gasteiger partial charge >= 0.3 is 0 Å². The Kier molecular flexibility index (Phi) is 6.22. The van der Waals surface area contributed by atoms with Crippen molar-refractivity contribution in [1.29, 1.82) is 0 Å². The van der Waals surface area contributed by atoms with E-state index in [0.29, 0.717) is 36.5 Å². The Bertz CT molecular complexity index is 949. The molecule has 0 aliphatic rings. The van der Waals surface area contributed by atoms with E-state index in [9.17, 15) is 9.59 Å². The zero-order valence-corrected chi connectivity index (χ0v) is 16.1. The largest absolute Gasteiger partial charge is 0.350 e. The predicted octanol–water partition coefficient (Wildman–Crippen LogP) is 2.71. The topological polar surface area (TPSA) is 76.0 Å². The summed E-state index contributed by atoms with van der Waals surface area (Å²) in [5, 5.41) is 10.2. The SMILES string of the molecule is Cc1nn(Cc2ccccc2)c(C)c1C(=O)NCCNC(=O)c1ccccc1. The van der Waals surface area contributed by atoms with Crippen LogP contribution >= 0.6 is 0 Å². The van der Waals surface area contributed by atoms with Crippen molar-refractivity contribution in [3.8, 4) is 0 Å². The number of amides is 2. The van der Waals surface area contributed by atoms with Crippen molar-refractivity contribution < 1.29 is 9.59 Å². The fourth-order valence-electron chi connectivity index (χ4n) is 3.07. The second-order valence-corrected chi connectivity index (χ2v) is 6.57. The number of aryl methyl sites for hydroxylation is 1. The zero-order chi connectivity index (χ0) is 19.9. The van der Waals surface area contributed by atoms with Gasteiger partial charge in [-0.2, -0.15) is 5.10 Å². The summed E-state index contributed by atoms with van der Waals surface area (Å²) in [5.74, 6) is -0.332. The maximum absolute atomic E-state index is 12.6. The van der Waals surface area contributed by atoms with Crippen LogP contribution in [-0.2, 0) is 6.54 Å². The predicted molar refractivity (Wildman–Crippen MR) is 108 cm³/mol. The summed E-state index contributed by atoms with van der Waals surface area (Å²) in [7, 11) is 0. The summed E-state index contributed by atoms with van der Waals surface area (Å²) < 4.78 is 1.84. The third kappa shape index (κ3) is 4.65. The van der Waals surface area contributed by atoms with E-state index in [1.165, 1.54) is 0 Å². The fraction of sp³-hybridized carbons (Fsp3) is 0.227. The molecule has 0 fully saturated rings. The van der Waals surface area contributed by atoms with Crippen LogP contribution in [0.3, 0.4) is 0 Å². The van der Waals surface area contributed by atoms with E-state index < -0.39 is 0 Å². The van der Waals surface area contributed by atoms with Gasteiger partial charge in [0.05, 0.1) is 17.8 Å². The lowest BCUT2D eigenvalue weighted by molar-refractivity contribution is 0.0927. The summed E-state index contributed by atoms with van der Waals surface area (Å²) in [5.41, 5.74) is 3.84. The Hall–Kier alpha value is -3.41. The van der Waals surface area contributed by atoms with Crippen LogP contribution in [0.25, 0.3) is 0 Å². The second-order valence-electron chi connectivity index (χ2n) is 6.57. The third-order valence-corrected chi connectivity index (χ3v) is 4.52. The first-order chi connectivity index (χ1) is 13.6. The molecule has 2 N–H and O–H groups in total. The fourth-order valence-corrected chi connectivity index (χ4v) is 3.07. The first-order valence-corrected chi connectivity index (χ1v) is 9.25. The van der Waals surface area contributed by atoms with E-state index in [0.717, 1.165) is 11.3 Å². The van der Waals surface area contributed by atoms with Gasteiger partial charge in [0.1, 0.15) is 0 Å². The van der Waals surface area contributed by atoms with Crippen LogP contribution in [0.2, 0.25) is 0 Å². The summed E-state index contributed by atoms with van der Waals surface area (Å²) in [4.78, 5) is 24.6. The Labute approximate surface area is 164 Å². The molecule has 1 aromatic heterocycles. The molecule has 3 rings (SSSR count). The monoisotopic (exact) mass is 376 g/mol. The van der Waals surface area contributed by atoms with Crippen molar-refractivity contribution >= 4 is 11.8 Å². The van der Waals surface area contributed by atoms with Crippen LogP contribution in [0.1, 0.15) is 37.7 Å². The number of carbonyl (C=O) groups is 2. The highest BCUT2D eigenvalue weighted by molar-refractivity contribution is 5.96. The normalized spacial score (nSPS) is 10.5. The molecule has 6 heteroatoms. The molecule has 2 amide bonds. The standard InChI is InChI=1S/C22H24N4O2/c1-16-20(17(2)26(25-16)15-18-9-5-3-6-10-18)22(28)24-14-13-23-21(27)19-11-7-4-8-12-19/h3-12H,13-15H2,1-2H3,(H,23,27)(H,24,28).